The van der Waals surface area contributed by atoms with Gasteiger partial charge >= 0.3 is 0 Å². The first-order valence-corrected chi connectivity index (χ1v) is 11.3. The summed E-state index contributed by atoms with van der Waals surface area (Å²) in [5.41, 5.74) is 1.43. The fourth-order valence-corrected chi connectivity index (χ4v) is 5.66. The second-order valence-electron chi connectivity index (χ2n) is 6.28. The highest BCUT2D eigenvalue weighted by Crippen LogP contribution is 2.30. The Morgan fingerprint density at radius 2 is 1.70 bits per heavy atom. The zero-order chi connectivity index (χ0) is 19.7. The molecule has 27 heavy (non-hydrogen) atoms. The smallest absolute Gasteiger partial charge is 0.297 e. The predicted octanol–water partition coefficient (Wildman–Crippen LogP) is 2.32. The third-order valence-electron chi connectivity index (χ3n) is 4.46. The van der Waals surface area contributed by atoms with Gasteiger partial charge in [-0.05, 0) is 49.7 Å². The third kappa shape index (κ3) is 4.10. The topological polar surface area (TPSA) is 90.0 Å². The molecule has 0 amide bonds. The number of hydrogen-bond donors (Lipinski definition) is 0. The Labute approximate surface area is 159 Å². The van der Waals surface area contributed by atoms with Crippen molar-refractivity contribution in [3.8, 4) is 5.75 Å². The summed E-state index contributed by atoms with van der Waals surface area (Å²) in [5.74, 6) is 0.624. The van der Waals surface area contributed by atoms with Gasteiger partial charge in [0.25, 0.3) is 10.1 Å². The van der Waals surface area contributed by atoms with Crippen molar-refractivity contribution >= 4 is 25.8 Å². The number of rotatable bonds is 6. The van der Waals surface area contributed by atoms with Crippen LogP contribution in [-0.2, 0) is 24.3 Å². The van der Waals surface area contributed by atoms with Crippen LogP contribution in [0.2, 0.25) is 0 Å². The van der Waals surface area contributed by atoms with Crippen LogP contribution in [0.5, 0.6) is 5.75 Å². The number of aryl methyl sites for hydroxylation is 1. The van der Waals surface area contributed by atoms with Crippen molar-refractivity contribution in [2.45, 2.75) is 23.5 Å². The highest BCUT2D eigenvalue weighted by molar-refractivity contribution is 7.93. The number of hydrogen-bond acceptors (Lipinski definition) is 6. The lowest BCUT2D eigenvalue weighted by Gasteiger charge is -2.19. The molecule has 2 aromatic carbocycles. The van der Waals surface area contributed by atoms with Gasteiger partial charge in [-0.3, -0.25) is 8.49 Å². The Hall–Kier alpha value is -2.10. The molecule has 1 heterocycles. The summed E-state index contributed by atoms with van der Waals surface area (Å²) in [5, 5.41) is -0.917. The van der Waals surface area contributed by atoms with E-state index >= 15 is 0 Å². The highest BCUT2D eigenvalue weighted by atomic mass is 32.2. The Kier molecular flexibility index (Phi) is 5.45. The molecule has 7 nitrogen and oxygen atoms in total. The molecule has 3 rings (SSSR count). The van der Waals surface area contributed by atoms with Crippen LogP contribution in [0.1, 0.15) is 12.0 Å². The number of sulfonamides is 1. The van der Waals surface area contributed by atoms with Crippen LogP contribution in [0.3, 0.4) is 0 Å². The molecule has 0 aliphatic carbocycles. The average Bonchev–Trinajstić information content (AvgIpc) is 2.94. The van der Waals surface area contributed by atoms with Crippen LogP contribution in [0.4, 0.5) is 5.69 Å². The molecular weight excluding hydrogens is 390 g/mol. The molecule has 1 saturated heterocycles. The second kappa shape index (κ2) is 7.49. The molecule has 1 atom stereocenters. The number of nitrogens with zero attached hydrogens (tertiary/aromatic N) is 1. The number of anilines is 1. The molecule has 1 unspecified atom stereocenters. The summed E-state index contributed by atoms with van der Waals surface area (Å²) in [4.78, 5) is 0.00973. The van der Waals surface area contributed by atoms with E-state index in [4.69, 9.17) is 8.92 Å². The van der Waals surface area contributed by atoms with E-state index in [-0.39, 0.29) is 17.9 Å². The van der Waals surface area contributed by atoms with Crippen LogP contribution in [-0.4, -0.2) is 42.3 Å². The molecular formula is C18H21NO6S2. The molecule has 1 aliphatic heterocycles. The van der Waals surface area contributed by atoms with Crippen LogP contribution in [0.15, 0.2) is 53.4 Å². The van der Waals surface area contributed by atoms with Gasteiger partial charge in [-0.2, -0.15) is 8.42 Å². The minimum atomic E-state index is -4.01. The molecule has 1 fully saturated rings. The second-order valence-corrected chi connectivity index (χ2v) is 10.0. The fourth-order valence-electron chi connectivity index (χ4n) is 2.85. The van der Waals surface area contributed by atoms with Crippen LogP contribution < -0.4 is 9.04 Å². The lowest BCUT2D eigenvalue weighted by atomic mass is 10.2. The monoisotopic (exact) mass is 411 g/mol. The molecule has 9 heteroatoms. The van der Waals surface area contributed by atoms with E-state index in [1.54, 1.807) is 36.4 Å². The van der Waals surface area contributed by atoms with Crippen LogP contribution in [0.25, 0.3) is 0 Å². The molecule has 2 aromatic rings. The zero-order valence-corrected chi connectivity index (χ0v) is 16.7. The first-order chi connectivity index (χ1) is 12.7. The minimum absolute atomic E-state index is 0.00973. The van der Waals surface area contributed by atoms with Crippen molar-refractivity contribution < 1.29 is 25.8 Å². The van der Waals surface area contributed by atoms with E-state index in [9.17, 15) is 16.8 Å². The van der Waals surface area contributed by atoms with Gasteiger partial charge in [0, 0.05) is 6.54 Å². The van der Waals surface area contributed by atoms with Crippen molar-refractivity contribution in [1.29, 1.82) is 0 Å². The maximum atomic E-state index is 12.8. The lowest BCUT2D eigenvalue weighted by Crippen LogP contribution is -2.32. The molecule has 0 aromatic heterocycles. The van der Waals surface area contributed by atoms with Crippen molar-refractivity contribution in [2.75, 3.05) is 24.6 Å². The fraction of sp³-hybridized carbons (Fsp3) is 0.333. The molecule has 0 saturated carbocycles. The van der Waals surface area contributed by atoms with Crippen molar-refractivity contribution in [2.24, 2.45) is 0 Å². The van der Waals surface area contributed by atoms with Gasteiger partial charge < -0.3 is 4.74 Å². The van der Waals surface area contributed by atoms with Gasteiger partial charge in [-0.1, -0.05) is 17.7 Å². The summed E-state index contributed by atoms with van der Waals surface area (Å²) in [7, 11) is -6.18. The lowest BCUT2D eigenvalue weighted by molar-refractivity contribution is 0.313. The number of methoxy groups -OCH3 is 1. The Balaban J connectivity index is 1.72. The van der Waals surface area contributed by atoms with E-state index in [0.717, 1.165) is 5.56 Å². The maximum absolute atomic E-state index is 12.8. The average molecular weight is 412 g/mol. The van der Waals surface area contributed by atoms with Gasteiger partial charge in [0.2, 0.25) is 10.0 Å². The maximum Gasteiger partial charge on any atom is 0.297 e. The van der Waals surface area contributed by atoms with Crippen LogP contribution >= 0.6 is 0 Å². The minimum Gasteiger partial charge on any atom is -0.497 e. The van der Waals surface area contributed by atoms with Crippen molar-refractivity contribution in [3.05, 3.63) is 54.1 Å². The van der Waals surface area contributed by atoms with E-state index in [1.165, 1.54) is 23.5 Å². The molecule has 1 aliphatic rings. The largest absolute Gasteiger partial charge is 0.497 e. The van der Waals surface area contributed by atoms with Gasteiger partial charge in [0.15, 0.2) is 0 Å². The molecule has 0 spiro atoms. The molecule has 0 radical (unpaired) electrons. The normalized spacial score (nSPS) is 19.2. The summed E-state index contributed by atoms with van der Waals surface area (Å²) >= 11 is 0. The first-order valence-electron chi connectivity index (χ1n) is 8.36. The van der Waals surface area contributed by atoms with Gasteiger partial charge in [0.05, 0.1) is 24.3 Å². The summed E-state index contributed by atoms with van der Waals surface area (Å²) < 4.78 is 61.5. The van der Waals surface area contributed by atoms with Crippen LogP contribution in [0, 0.1) is 6.92 Å². The molecule has 146 valence electrons. The SMILES string of the molecule is COc1ccc(N2CCC(COS(=O)(=O)c3ccc(C)cc3)S2(=O)=O)cc1. The Morgan fingerprint density at radius 1 is 1.07 bits per heavy atom. The summed E-state index contributed by atoms with van der Waals surface area (Å²) in [6, 6.07) is 12.9. The van der Waals surface area contributed by atoms with Gasteiger partial charge in [-0.15, -0.1) is 0 Å². The van der Waals surface area contributed by atoms with E-state index in [0.29, 0.717) is 11.4 Å². The van der Waals surface area contributed by atoms with Crippen molar-refractivity contribution in [3.63, 3.8) is 0 Å². The van der Waals surface area contributed by atoms with Crippen molar-refractivity contribution in [1.82, 2.24) is 0 Å². The van der Waals surface area contributed by atoms with Gasteiger partial charge in [0.1, 0.15) is 11.0 Å². The quantitative estimate of drug-likeness (QED) is 0.678. The van der Waals surface area contributed by atoms with E-state index < -0.39 is 32.0 Å². The molecule has 0 N–H and O–H groups in total. The Bertz CT molecular complexity index is 999. The predicted molar refractivity (Wildman–Crippen MR) is 102 cm³/mol. The number of ether oxygens (including phenoxy) is 1. The molecule has 0 bridgehead atoms. The summed E-state index contributed by atoms with van der Waals surface area (Å²) in [6.45, 7) is 1.70. The van der Waals surface area contributed by atoms with E-state index in [1.807, 2.05) is 6.92 Å². The summed E-state index contributed by atoms with van der Waals surface area (Å²) in [6.07, 6.45) is 0.289. The standard InChI is InChI=1S/C18H21NO6S2/c1-14-3-9-17(10-4-14)27(22,23)25-13-18-11-12-19(26(18,20)21)15-5-7-16(24-2)8-6-15/h3-10,18H,11-13H2,1-2H3. The van der Waals surface area contributed by atoms with Gasteiger partial charge in [-0.25, -0.2) is 8.42 Å². The highest BCUT2D eigenvalue weighted by Gasteiger charge is 2.40. The first kappa shape index (κ1) is 19.7. The Morgan fingerprint density at radius 3 is 2.30 bits per heavy atom. The third-order valence-corrected chi connectivity index (χ3v) is 7.98. The number of benzene rings is 2. The van der Waals surface area contributed by atoms with E-state index in [2.05, 4.69) is 0 Å². The zero-order valence-electron chi connectivity index (χ0n) is 15.0.